The predicted octanol–water partition coefficient (Wildman–Crippen LogP) is 1.54. The molecule has 7 nitrogen and oxygen atoms in total. The minimum Gasteiger partial charge on any atom is -0.494 e. The average Bonchev–Trinajstić information content (AvgIpc) is 3.13. The van der Waals surface area contributed by atoms with Crippen LogP contribution in [0.2, 0.25) is 0 Å². The Morgan fingerprint density at radius 3 is 2.60 bits per heavy atom. The molecule has 0 fully saturated rings. The van der Waals surface area contributed by atoms with Crippen LogP contribution in [0.3, 0.4) is 0 Å². The highest BCUT2D eigenvalue weighted by Crippen LogP contribution is 2.33. The number of nitrogens with two attached hydrogens (primary N) is 1. The van der Waals surface area contributed by atoms with Gasteiger partial charge in [0.15, 0.2) is 6.04 Å². The van der Waals surface area contributed by atoms with E-state index in [0.29, 0.717) is 0 Å². The van der Waals surface area contributed by atoms with E-state index in [4.69, 9.17) is 0 Å². The maximum Gasteiger partial charge on any atom is 0.331 e. The van der Waals surface area contributed by atoms with Gasteiger partial charge in [0.1, 0.15) is 5.56 Å². The van der Waals surface area contributed by atoms with Crippen molar-refractivity contribution in [2.75, 3.05) is 6.54 Å². The van der Waals surface area contributed by atoms with Crippen LogP contribution in [0.25, 0.3) is 10.9 Å². The molecule has 0 aliphatic carbocycles. The van der Waals surface area contributed by atoms with Crippen molar-refractivity contribution in [1.82, 2.24) is 14.5 Å². The summed E-state index contributed by atoms with van der Waals surface area (Å²) in [6, 6.07) is 16.6. The molecule has 0 saturated carbocycles. The van der Waals surface area contributed by atoms with Crippen molar-refractivity contribution >= 4 is 10.9 Å². The number of benzene rings is 2. The number of nitrogens with one attached hydrogen (secondary N) is 2. The number of hydrogen-bond acceptors (Lipinski definition) is 3. The lowest BCUT2D eigenvalue weighted by molar-refractivity contribution is -0.690. The first-order chi connectivity index (χ1) is 14.6. The Kier molecular flexibility index (Phi) is 4.33. The lowest BCUT2D eigenvalue weighted by Gasteiger charge is -2.24. The maximum absolute atomic E-state index is 12.8. The molecule has 1 aliphatic heterocycles. The molecule has 0 radical (unpaired) electrons. The second kappa shape index (κ2) is 7.03. The minimum absolute atomic E-state index is 0.199. The van der Waals surface area contributed by atoms with E-state index in [0.717, 1.165) is 40.7 Å². The summed E-state index contributed by atoms with van der Waals surface area (Å²) >= 11 is 0. The molecular weight excluding hydrogens is 380 g/mol. The Bertz CT molecular complexity index is 1350. The molecule has 0 spiro atoms. The molecule has 5 N–H and O–H groups in total. The molecule has 0 amide bonds. The van der Waals surface area contributed by atoms with Gasteiger partial charge in [0.05, 0.1) is 18.3 Å². The summed E-state index contributed by atoms with van der Waals surface area (Å²) in [4.78, 5) is 31.3. The van der Waals surface area contributed by atoms with Gasteiger partial charge < -0.3 is 15.4 Å². The summed E-state index contributed by atoms with van der Waals surface area (Å²) in [7, 11) is 0. The van der Waals surface area contributed by atoms with E-state index in [1.807, 2.05) is 60.8 Å². The van der Waals surface area contributed by atoms with Gasteiger partial charge in [-0.1, -0.05) is 48.5 Å². The highest BCUT2D eigenvalue weighted by atomic mass is 16.3. The van der Waals surface area contributed by atoms with Gasteiger partial charge in [-0.15, -0.1) is 0 Å². The van der Waals surface area contributed by atoms with Crippen LogP contribution in [-0.2, 0) is 6.42 Å². The first kappa shape index (κ1) is 18.4. The first-order valence-electron chi connectivity index (χ1n) is 10.1. The summed E-state index contributed by atoms with van der Waals surface area (Å²) < 4.78 is 1.26. The number of aromatic nitrogens is 3. The van der Waals surface area contributed by atoms with Crippen LogP contribution in [0.1, 0.15) is 41.4 Å². The van der Waals surface area contributed by atoms with E-state index >= 15 is 0 Å². The van der Waals surface area contributed by atoms with Crippen LogP contribution in [-0.4, -0.2) is 26.2 Å². The van der Waals surface area contributed by atoms with Gasteiger partial charge in [0, 0.05) is 17.3 Å². The number of para-hydroxylation sites is 1. The highest BCUT2D eigenvalue weighted by Gasteiger charge is 2.34. The zero-order chi connectivity index (χ0) is 20.8. The fourth-order valence-electron chi connectivity index (χ4n) is 4.60. The molecule has 2 atom stereocenters. The van der Waals surface area contributed by atoms with E-state index < -0.39 is 23.3 Å². The number of quaternary nitrogens is 1. The molecule has 30 heavy (non-hydrogen) atoms. The molecule has 7 heteroatoms. The number of nitrogens with zero attached hydrogens (tertiary/aromatic N) is 1. The van der Waals surface area contributed by atoms with E-state index in [9.17, 15) is 14.7 Å². The predicted molar refractivity (Wildman–Crippen MR) is 114 cm³/mol. The average molecular weight is 403 g/mol. The van der Waals surface area contributed by atoms with Gasteiger partial charge in [-0.05, 0) is 24.1 Å². The van der Waals surface area contributed by atoms with Crippen LogP contribution in [0.15, 0.2) is 64.2 Å². The van der Waals surface area contributed by atoms with Gasteiger partial charge in [0.2, 0.25) is 5.88 Å². The Labute approximate surface area is 172 Å². The quantitative estimate of drug-likeness (QED) is 0.417. The van der Waals surface area contributed by atoms with E-state index in [1.54, 1.807) is 0 Å². The Balaban J connectivity index is 1.70. The largest absolute Gasteiger partial charge is 0.494 e. The van der Waals surface area contributed by atoms with E-state index in [2.05, 4.69) is 16.0 Å². The van der Waals surface area contributed by atoms with Crippen LogP contribution < -0.4 is 16.6 Å². The highest BCUT2D eigenvalue weighted by molar-refractivity contribution is 5.85. The van der Waals surface area contributed by atoms with Crippen molar-refractivity contribution in [1.29, 1.82) is 0 Å². The number of aromatic hydroxyl groups is 1. The van der Waals surface area contributed by atoms with Gasteiger partial charge >= 0.3 is 5.69 Å². The van der Waals surface area contributed by atoms with Crippen molar-refractivity contribution < 1.29 is 10.4 Å². The normalized spacial score (nSPS) is 17.0. The molecule has 4 aromatic rings. The topological polar surface area (TPSA) is 107 Å². The van der Waals surface area contributed by atoms with Crippen molar-refractivity contribution in [2.24, 2.45) is 0 Å². The fraction of sp³-hybridized carbons (Fsp3) is 0.217. The Morgan fingerprint density at radius 2 is 1.80 bits per heavy atom. The second-order valence-electron chi connectivity index (χ2n) is 7.77. The minimum atomic E-state index is -0.620. The SMILES string of the molecule is C[C@H](c1ccccc1)n1c(O)c([C@H]2[NH2+]CCc3c2[nH]c2ccccc32)c(=O)[nH]c1=O. The standard InChI is InChI=1S/C23H22N4O3/c1-13(14-7-3-2-4-8-14)27-22(29)18(21(28)26-23(27)30)20-19-16(11-12-24-20)15-9-5-6-10-17(15)25-19/h2-10,13,20,24-25,29H,11-12H2,1H3,(H,26,28,30)/p+1/t13-,20-/m1/s1. The zero-order valence-electron chi connectivity index (χ0n) is 16.6. The van der Waals surface area contributed by atoms with E-state index in [1.165, 1.54) is 4.57 Å². The molecule has 1 aliphatic rings. The number of fused-ring (bicyclic) bond motifs is 3. The van der Waals surface area contributed by atoms with Crippen LogP contribution in [0.4, 0.5) is 0 Å². The molecule has 2 aromatic heterocycles. The summed E-state index contributed by atoms with van der Waals surface area (Å²) in [5.41, 5.74) is 2.96. The van der Waals surface area contributed by atoms with Gasteiger partial charge in [-0.3, -0.25) is 14.3 Å². The summed E-state index contributed by atoms with van der Waals surface area (Å²) in [6.45, 7) is 2.61. The van der Waals surface area contributed by atoms with Crippen LogP contribution >= 0.6 is 0 Å². The molecule has 0 saturated heterocycles. The molecular formula is C23H23N4O3+. The van der Waals surface area contributed by atoms with Gasteiger partial charge in [-0.25, -0.2) is 4.79 Å². The lowest BCUT2D eigenvalue weighted by atomic mass is 9.95. The second-order valence-corrected chi connectivity index (χ2v) is 7.77. The zero-order valence-corrected chi connectivity index (χ0v) is 16.6. The molecule has 5 rings (SSSR count). The number of hydrogen-bond donors (Lipinski definition) is 4. The van der Waals surface area contributed by atoms with Crippen molar-refractivity contribution in [3.8, 4) is 5.88 Å². The van der Waals surface area contributed by atoms with Gasteiger partial charge in [0.25, 0.3) is 5.56 Å². The third kappa shape index (κ3) is 2.78. The summed E-state index contributed by atoms with van der Waals surface area (Å²) in [5, 5.41) is 14.3. The number of H-pyrrole nitrogens is 2. The summed E-state index contributed by atoms with van der Waals surface area (Å²) in [5.74, 6) is -0.284. The number of aromatic amines is 2. The smallest absolute Gasteiger partial charge is 0.331 e. The first-order valence-corrected chi connectivity index (χ1v) is 10.1. The van der Waals surface area contributed by atoms with Crippen LogP contribution in [0, 0.1) is 0 Å². The molecule has 0 unspecified atom stereocenters. The lowest BCUT2D eigenvalue weighted by Crippen LogP contribution is -2.87. The summed E-state index contributed by atoms with van der Waals surface area (Å²) in [6.07, 6.45) is 0.870. The third-order valence-corrected chi connectivity index (χ3v) is 6.09. The Hall–Kier alpha value is -3.58. The molecule has 0 bridgehead atoms. The van der Waals surface area contributed by atoms with Gasteiger partial charge in [-0.2, -0.15) is 0 Å². The van der Waals surface area contributed by atoms with E-state index in [-0.39, 0.29) is 11.4 Å². The Morgan fingerprint density at radius 1 is 1.07 bits per heavy atom. The van der Waals surface area contributed by atoms with Crippen LogP contribution in [0.5, 0.6) is 5.88 Å². The van der Waals surface area contributed by atoms with Crippen molar-refractivity contribution in [3.05, 3.63) is 97.8 Å². The number of rotatable bonds is 3. The van der Waals surface area contributed by atoms with Crippen molar-refractivity contribution in [3.63, 3.8) is 0 Å². The van der Waals surface area contributed by atoms with Crippen molar-refractivity contribution in [2.45, 2.75) is 25.4 Å². The fourth-order valence-corrected chi connectivity index (χ4v) is 4.60. The molecule has 152 valence electrons. The third-order valence-electron chi connectivity index (χ3n) is 6.09. The monoisotopic (exact) mass is 403 g/mol. The molecule has 2 aromatic carbocycles. The molecule has 3 heterocycles. The maximum atomic E-state index is 12.8.